The molecule has 0 aliphatic carbocycles. The number of thiophene rings is 1. The van der Waals surface area contributed by atoms with Crippen molar-refractivity contribution in [3.63, 3.8) is 0 Å². The molecule has 2 nitrogen and oxygen atoms in total. The minimum atomic E-state index is -0.0932. The Bertz CT molecular complexity index is 470. The SMILES string of the molecule is CC(N)C(Oc1cccc(Br)c1)c1cccs1. The third-order valence-electron chi connectivity index (χ3n) is 2.36. The molecule has 2 N–H and O–H groups in total. The van der Waals surface area contributed by atoms with E-state index < -0.39 is 0 Å². The lowest BCUT2D eigenvalue weighted by molar-refractivity contribution is 0.184. The molecular weight excluding hydrogens is 298 g/mol. The van der Waals surface area contributed by atoms with Gasteiger partial charge in [-0.1, -0.05) is 28.1 Å². The molecule has 0 saturated heterocycles. The molecule has 2 aromatic rings. The van der Waals surface area contributed by atoms with Crippen LogP contribution in [0.1, 0.15) is 17.9 Å². The van der Waals surface area contributed by atoms with Crippen LogP contribution in [0.5, 0.6) is 5.75 Å². The van der Waals surface area contributed by atoms with E-state index in [1.54, 1.807) is 11.3 Å². The van der Waals surface area contributed by atoms with E-state index in [2.05, 4.69) is 22.0 Å². The summed E-state index contributed by atoms with van der Waals surface area (Å²) in [4.78, 5) is 1.15. The van der Waals surface area contributed by atoms with Crippen LogP contribution in [0.15, 0.2) is 46.3 Å². The van der Waals surface area contributed by atoms with Gasteiger partial charge < -0.3 is 10.5 Å². The summed E-state index contributed by atoms with van der Waals surface area (Å²) in [6.45, 7) is 1.96. The van der Waals surface area contributed by atoms with Crippen molar-refractivity contribution >= 4 is 27.3 Å². The summed E-state index contributed by atoms with van der Waals surface area (Å²) >= 11 is 5.10. The Balaban J connectivity index is 2.19. The average Bonchev–Trinajstić information content (AvgIpc) is 2.78. The Morgan fingerprint density at radius 3 is 2.71 bits per heavy atom. The first-order valence-electron chi connectivity index (χ1n) is 5.38. The predicted molar refractivity (Wildman–Crippen MR) is 75.5 cm³/mol. The molecule has 2 rings (SSSR count). The summed E-state index contributed by atoms with van der Waals surface area (Å²) in [5, 5.41) is 2.04. The van der Waals surface area contributed by atoms with E-state index in [1.165, 1.54) is 0 Å². The van der Waals surface area contributed by atoms with E-state index >= 15 is 0 Å². The van der Waals surface area contributed by atoms with Gasteiger partial charge >= 0.3 is 0 Å². The molecule has 1 aromatic carbocycles. The highest BCUT2D eigenvalue weighted by Gasteiger charge is 2.19. The van der Waals surface area contributed by atoms with Crippen LogP contribution < -0.4 is 10.5 Å². The van der Waals surface area contributed by atoms with Gasteiger partial charge in [-0.25, -0.2) is 0 Å². The number of halogens is 1. The largest absolute Gasteiger partial charge is 0.483 e. The molecule has 90 valence electrons. The minimum Gasteiger partial charge on any atom is -0.483 e. The maximum absolute atomic E-state index is 5.98. The first-order valence-corrected chi connectivity index (χ1v) is 7.05. The molecular formula is C13H14BrNOS. The Morgan fingerprint density at radius 2 is 2.12 bits per heavy atom. The molecule has 0 aliphatic heterocycles. The van der Waals surface area contributed by atoms with Gasteiger partial charge in [0.1, 0.15) is 11.9 Å². The summed E-state index contributed by atoms with van der Waals surface area (Å²) in [7, 11) is 0. The van der Waals surface area contributed by atoms with Gasteiger partial charge in [-0.2, -0.15) is 0 Å². The van der Waals surface area contributed by atoms with Crippen LogP contribution in [0, 0.1) is 0 Å². The summed E-state index contributed by atoms with van der Waals surface area (Å²) in [5.41, 5.74) is 5.98. The number of rotatable bonds is 4. The number of hydrogen-bond donors (Lipinski definition) is 1. The molecule has 1 aromatic heterocycles. The zero-order valence-electron chi connectivity index (χ0n) is 9.47. The van der Waals surface area contributed by atoms with E-state index in [9.17, 15) is 0 Å². The number of nitrogens with two attached hydrogens (primary N) is 1. The van der Waals surface area contributed by atoms with Crippen LogP contribution in [0.3, 0.4) is 0 Å². The van der Waals surface area contributed by atoms with Crippen LogP contribution >= 0.6 is 27.3 Å². The number of ether oxygens (including phenoxy) is 1. The zero-order valence-corrected chi connectivity index (χ0v) is 11.9. The molecule has 2 atom stereocenters. The van der Waals surface area contributed by atoms with Gasteiger partial charge in [0.25, 0.3) is 0 Å². The Labute approximate surface area is 114 Å². The molecule has 0 bridgehead atoms. The Morgan fingerprint density at radius 1 is 1.29 bits per heavy atom. The van der Waals surface area contributed by atoms with E-state index in [0.29, 0.717) is 0 Å². The fraction of sp³-hybridized carbons (Fsp3) is 0.231. The monoisotopic (exact) mass is 311 g/mol. The second-order valence-corrected chi connectivity index (χ2v) is 5.77. The third kappa shape index (κ3) is 3.31. The second kappa shape index (κ2) is 5.67. The highest BCUT2D eigenvalue weighted by Crippen LogP contribution is 2.28. The highest BCUT2D eigenvalue weighted by molar-refractivity contribution is 9.10. The lowest BCUT2D eigenvalue weighted by Gasteiger charge is -2.21. The molecule has 0 amide bonds. The molecule has 0 radical (unpaired) electrons. The zero-order chi connectivity index (χ0) is 12.3. The summed E-state index contributed by atoms with van der Waals surface area (Å²) in [5.74, 6) is 0.829. The summed E-state index contributed by atoms with van der Waals surface area (Å²) in [6, 6.07) is 11.8. The lowest BCUT2D eigenvalue weighted by atomic mass is 10.1. The molecule has 4 heteroatoms. The molecule has 1 heterocycles. The van der Waals surface area contributed by atoms with Crippen molar-refractivity contribution in [2.45, 2.75) is 19.1 Å². The van der Waals surface area contributed by atoms with Crippen molar-refractivity contribution in [1.29, 1.82) is 0 Å². The Kier molecular flexibility index (Phi) is 4.20. The lowest BCUT2D eigenvalue weighted by Crippen LogP contribution is -2.28. The van der Waals surface area contributed by atoms with E-state index in [0.717, 1.165) is 15.1 Å². The second-order valence-electron chi connectivity index (χ2n) is 3.87. The molecule has 0 fully saturated rings. The molecule has 0 spiro atoms. The predicted octanol–water partition coefficient (Wildman–Crippen LogP) is 3.98. The average molecular weight is 312 g/mol. The molecule has 17 heavy (non-hydrogen) atoms. The van der Waals surface area contributed by atoms with Crippen molar-refractivity contribution < 1.29 is 4.74 Å². The van der Waals surface area contributed by atoms with Crippen LogP contribution in [0.4, 0.5) is 0 Å². The van der Waals surface area contributed by atoms with Crippen LogP contribution in [-0.4, -0.2) is 6.04 Å². The number of benzene rings is 1. The maximum Gasteiger partial charge on any atom is 0.148 e. The van der Waals surface area contributed by atoms with Crippen molar-refractivity contribution in [2.24, 2.45) is 5.73 Å². The number of hydrogen-bond acceptors (Lipinski definition) is 3. The molecule has 2 unspecified atom stereocenters. The van der Waals surface area contributed by atoms with Crippen LogP contribution in [0.25, 0.3) is 0 Å². The van der Waals surface area contributed by atoms with Crippen molar-refractivity contribution in [2.75, 3.05) is 0 Å². The third-order valence-corrected chi connectivity index (χ3v) is 3.79. The van der Waals surface area contributed by atoms with E-state index in [4.69, 9.17) is 10.5 Å². The normalized spacial score (nSPS) is 14.3. The van der Waals surface area contributed by atoms with E-state index in [1.807, 2.05) is 42.6 Å². The fourth-order valence-electron chi connectivity index (χ4n) is 1.56. The first kappa shape index (κ1) is 12.6. The molecule has 0 aliphatic rings. The quantitative estimate of drug-likeness (QED) is 0.927. The van der Waals surface area contributed by atoms with Gasteiger partial charge in [-0.15, -0.1) is 11.3 Å². The minimum absolute atomic E-state index is 0.0485. The van der Waals surface area contributed by atoms with Gasteiger partial charge in [0, 0.05) is 15.4 Å². The smallest absolute Gasteiger partial charge is 0.148 e. The summed E-state index contributed by atoms with van der Waals surface area (Å²) < 4.78 is 6.96. The van der Waals surface area contributed by atoms with Gasteiger partial charge in [-0.3, -0.25) is 0 Å². The highest BCUT2D eigenvalue weighted by atomic mass is 79.9. The van der Waals surface area contributed by atoms with Crippen molar-refractivity contribution in [3.8, 4) is 5.75 Å². The van der Waals surface area contributed by atoms with Gasteiger partial charge in [0.05, 0.1) is 0 Å². The first-order chi connectivity index (χ1) is 8.16. The molecule has 0 saturated carbocycles. The van der Waals surface area contributed by atoms with Gasteiger partial charge in [0.2, 0.25) is 0 Å². The topological polar surface area (TPSA) is 35.2 Å². The Hall–Kier alpha value is -0.840. The van der Waals surface area contributed by atoms with E-state index in [-0.39, 0.29) is 12.1 Å². The van der Waals surface area contributed by atoms with Crippen molar-refractivity contribution in [3.05, 3.63) is 51.1 Å². The fourth-order valence-corrected chi connectivity index (χ4v) is 2.81. The maximum atomic E-state index is 5.98. The van der Waals surface area contributed by atoms with Crippen molar-refractivity contribution in [1.82, 2.24) is 0 Å². The van der Waals surface area contributed by atoms with Gasteiger partial charge in [0.15, 0.2) is 0 Å². The van der Waals surface area contributed by atoms with Crippen LogP contribution in [0.2, 0.25) is 0 Å². The van der Waals surface area contributed by atoms with Gasteiger partial charge in [-0.05, 0) is 36.6 Å². The van der Waals surface area contributed by atoms with Crippen LogP contribution in [-0.2, 0) is 0 Å². The summed E-state index contributed by atoms with van der Waals surface area (Å²) in [6.07, 6.45) is -0.0932. The standard InChI is InChI=1S/C13H14BrNOS/c1-9(15)13(12-6-3-7-17-12)16-11-5-2-4-10(14)8-11/h2-9,13H,15H2,1H3.